The van der Waals surface area contributed by atoms with Gasteiger partial charge in [-0.1, -0.05) is 37.5 Å². The van der Waals surface area contributed by atoms with Crippen molar-refractivity contribution in [1.29, 1.82) is 5.26 Å². The Kier molecular flexibility index (Phi) is 5.58. The second-order valence-corrected chi connectivity index (χ2v) is 7.95. The van der Waals surface area contributed by atoms with Gasteiger partial charge in [0.15, 0.2) is 0 Å². The zero-order valence-electron chi connectivity index (χ0n) is 13.3. The summed E-state index contributed by atoms with van der Waals surface area (Å²) in [6.07, 6.45) is 5.32. The summed E-state index contributed by atoms with van der Waals surface area (Å²) in [4.78, 5) is 0.919. The number of hydrogen-bond acceptors (Lipinski definition) is 2. The highest BCUT2D eigenvalue weighted by molar-refractivity contribution is 7.85. The molecule has 1 aliphatic carbocycles. The summed E-state index contributed by atoms with van der Waals surface area (Å²) >= 11 is 0. The third-order valence-corrected chi connectivity index (χ3v) is 6.55. The monoisotopic (exact) mass is 303 g/mol. The first-order chi connectivity index (χ1) is 10.1. The number of nitrogens with zero attached hydrogens (tertiary/aromatic N) is 1. The molecule has 1 aromatic rings. The maximum atomic E-state index is 13.0. The topological polar surface area (TPSA) is 40.9 Å². The molecule has 4 unspecified atom stereocenters. The van der Waals surface area contributed by atoms with Gasteiger partial charge in [0.2, 0.25) is 0 Å². The Morgan fingerprint density at radius 2 is 2.10 bits per heavy atom. The van der Waals surface area contributed by atoms with Crippen LogP contribution in [0.1, 0.15) is 50.2 Å². The van der Waals surface area contributed by atoms with E-state index in [-0.39, 0.29) is 11.2 Å². The molecule has 0 saturated heterocycles. The third kappa shape index (κ3) is 3.74. The van der Waals surface area contributed by atoms with Crippen molar-refractivity contribution in [2.45, 2.75) is 63.0 Å². The lowest BCUT2D eigenvalue weighted by atomic mass is 9.80. The summed E-state index contributed by atoms with van der Waals surface area (Å²) in [5.41, 5.74) is 2.28. The van der Waals surface area contributed by atoms with Gasteiger partial charge in [0, 0.05) is 4.90 Å². The van der Waals surface area contributed by atoms with Gasteiger partial charge in [-0.05, 0) is 50.7 Å². The lowest BCUT2D eigenvalue weighted by Gasteiger charge is -2.32. The summed E-state index contributed by atoms with van der Waals surface area (Å²) in [6, 6.07) is 8.50. The van der Waals surface area contributed by atoms with E-state index in [2.05, 4.69) is 26.0 Å². The van der Waals surface area contributed by atoms with Crippen molar-refractivity contribution >= 4 is 10.8 Å². The quantitative estimate of drug-likeness (QED) is 0.820. The molecule has 2 rings (SSSR count). The third-order valence-electron chi connectivity index (χ3n) is 4.59. The predicted octanol–water partition coefficient (Wildman–Crippen LogP) is 4.52. The van der Waals surface area contributed by atoms with Crippen LogP contribution >= 0.6 is 0 Å². The Morgan fingerprint density at radius 3 is 2.71 bits per heavy atom. The minimum Gasteiger partial charge on any atom is -0.254 e. The van der Waals surface area contributed by atoms with E-state index in [1.54, 1.807) is 0 Å². The van der Waals surface area contributed by atoms with Crippen LogP contribution in [-0.4, -0.2) is 9.46 Å². The van der Waals surface area contributed by atoms with Crippen molar-refractivity contribution in [3.05, 3.63) is 29.3 Å². The smallest absolute Gasteiger partial charge is 0.0668 e. The van der Waals surface area contributed by atoms with Gasteiger partial charge >= 0.3 is 0 Å². The molecule has 1 fully saturated rings. The summed E-state index contributed by atoms with van der Waals surface area (Å²) < 4.78 is 13.0. The molecule has 2 nitrogen and oxygen atoms in total. The molecule has 0 amide bonds. The minimum atomic E-state index is -1.07. The maximum absolute atomic E-state index is 13.0. The highest BCUT2D eigenvalue weighted by Crippen LogP contribution is 2.36. The molecule has 0 aromatic heterocycles. The molecule has 0 heterocycles. The molecule has 0 radical (unpaired) electrons. The molecular formula is C18H25NOS. The van der Waals surface area contributed by atoms with E-state index in [9.17, 15) is 9.47 Å². The fourth-order valence-corrected chi connectivity index (χ4v) is 5.30. The van der Waals surface area contributed by atoms with Crippen LogP contribution in [-0.2, 0) is 10.8 Å². The summed E-state index contributed by atoms with van der Waals surface area (Å²) in [7, 11) is -1.07. The molecule has 0 spiro atoms. The maximum Gasteiger partial charge on any atom is 0.0668 e. The standard InChI is InChI=1S/C18H25NOS/c1-4-5-15-7-8-16(12-19)18(11-15)21(20)17-9-6-13(2)10-14(17)3/h6,9-10,15-16,18H,4-5,7-8,11H2,1-3H3. The van der Waals surface area contributed by atoms with E-state index >= 15 is 0 Å². The van der Waals surface area contributed by atoms with Crippen molar-refractivity contribution in [1.82, 2.24) is 0 Å². The largest absolute Gasteiger partial charge is 0.254 e. The average Bonchev–Trinajstić information content (AvgIpc) is 2.47. The van der Waals surface area contributed by atoms with Crippen LogP contribution in [0.25, 0.3) is 0 Å². The van der Waals surface area contributed by atoms with Gasteiger partial charge < -0.3 is 0 Å². The van der Waals surface area contributed by atoms with E-state index in [0.717, 1.165) is 29.7 Å². The van der Waals surface area contributed by atoms with Gasteiger partial charge in [-0.25, -0.2) is 0 Å². The Morgan fingerprint density at radius 1 is 1.33 bits per heavy atom. The Balaban J connectivity index is 2.23. The van der Waals surface area contributed by atoms with Gasteiger partial charge in [0.25, 0.3) is 0 Å². The van der Waals surface area contributed by atoms with Crippen LogP contribution in [0, 0.1) is 37.0 Å². The van der Waals surface area contributed by atoms with Crippen LogP contribution in [0.4, 0.5) is 0 Å². The number of nitriles is 1. The lowest BCUT2D eigenvalue weighted by Crippen LogP contribution is -2.32. The fraction of sp³-hybridized carbons (Fsp3) is 0.611. The normalized spacial score (nSPS) is 27.0. The summed E-state index contributed by atoms with van der Waals surface area (Å²) in [6.45, 7) is 6.27. The number of hydrogen-bond donors (Lipinski definition) is 0. The molecule has 114 valence electrons. The molecule has 0 aliphatic heterocycles. The SMILES string of the molecule is CCCC1CCC(C#N)C(S(=O)c2ccc(C)cc2C)C1. The van der Waals surface area contributed by atoms with Gasteiger partial charge in [-0.3, -0.25) is 4.21 Å². The average molecular weight is 303 g/mol. The van der Waals surface area contributed by atoms with Crippen molar-refractivity contribution < 1.29 is 4.21 Å². The van der Waals surface area contributed by atoms with Gasteiger partial charge in [0.1, 0.15) is 0 Å². The highest BCUT2D eigenvalue weighted by atomic mass is 32.2. The minimum absolute atomic E-state index is 0.00158. The summed E-state index contributed by atoms with van der Waals surface area (Å²) in [5, 5.41) is 9.40. The first-order valence-corrected chi connectivity index (χ1v) is 9.15. The molecule has 1 saturated carbocycles. The van der Waals surface area contributed by atoms with E-state index in [1.165, 1.54) is 18.4 Å². The number of aryl methyl sites for hydroxylation is 2. The van der Waals surface area contributed by atoms with Gasteiger partial charge in [-0.15, -0.1) is 0 Å². The molecule has 0 N–H and O–H groups in total. The van der Waals surface area contributed by atoms with Gasteiger partial charge in [-0.2, -0.15) is 5.26 Å². The molecule has 21 heavy (non-hydrogen) atoms. The second kappa shape index (κ2) is 7.22. The van der Waals surface area contributed by atoms with E-state index in [0.29, 0.717) is 5.92 Å². The van der Waals surface area contributed by atoms with Crippen LogP contribution in [0.5, 0.6) is 0 Å². The molecule has 1 aliphatic rings. The van der Waals surface area contributed by atoms with Gasteiger partial charge in [0.05, 0.1) is 28.0 Å². The highest BCUT2D eigenvalue weighted by Gasteiger charge is 2.35. The Bertz CT molecular complexity index is 561. The fourth-order valence-electron chi connectivity index (χ4n) is 3.45. The van der Waals surface area contributed by atoms with E-state index < -0.39 is 10.8 Å². The first kappa shape index (κ1) is 16.2. The molecular weight excluding hydrogens is 278 g/mol. The van der Waals surface area contributed by atoms with Crippen LogP contribution in [0.3, 0.4) is 0 Å². The van der Waals surface area contributed by atoms with Crippen LogP contribution in [0.2, 0.25) is 0 Å². The molecule has 3 heteroatoms. The van der Waals surface area contributed by atoms with E-state index in [1.807, 2.05) is 19.1 Å². The van der Waals surface area contributed by atoms with Crippen molar-refractivity contribution in [2.75, 3.05) is 0 Å². The second-order valence-electron chi connectivity index (χ2n) is 6.31. The molecule has 0 bridgehead atoms. The van der Waals surface area contributed by atoms with Crippen LogP contribution in [0.15, 0.2) is 23.1 Å². The lowest BCUT2D eigenvalue weighted by molar-refractivity contribution is 0.303. The van der Waals surface area contributed by atoms with Crippen LogP contribution < -0.4 is 0 Å². The van der Waals surface area contributed by atoms with Crippen molar-refractivity contribution in [2.24, 2.45) is 11.8 Å². The van der Waals surface area contributed by atoms with Crippen molar-refractivity contribution in [3.63, 3.8) is 0 Å². The van der Waals surface area contributed by atoms with Crippen molar-refractivity contribution in [3.8, 4) is 6.07 Å². The number of rotatable bonds is 4. The Hall–Kier alpha value is -1.14. The first-order valence-electron chi connectivity index (χ1n) is 7.94. The Labute approximate surface area is 131 Å². The van der Waals surface area contributed by atoms with E-state index in [4.69, 9.17) is 0 Å². The predicted molar refractivity (Wildman–Crippen MR) is 87.5 cm³/mol. The molecule has 1 aromatic carbocycles. The summed E-state index contributed by atoms with van der Waals surface area (Å²) in [5.74, 6) is 0.582. The zero-order chi connectivity index (χ0) is 15.4. The zero-order valence-corrected chi connectivity index (χ0v) is 14.1. The number of benzene rings is 1. The molecule has 4 atom stereocenters.